The van der Waals surface area contributed by atoms with E-state index in [4.69, 9.17) is 18.5 Å². The van der Waals surface area contributed by atoms with E-state index in [9.17, 15) is 19.0 Å². The van der Waals surface area contributed by atoms with Crippen molar-refractivity contribution in [3.05, 3.63) is 134 Å². The van der Waals surface area contributed by atoms with Crippen LogP contribution in [0.2, 0.25) is 0 Å². The maximum atomic E-state index is 12.9. The maximum absolute atomic E-state index is 12.9. The number of phosphoric ester groups is 1. The Bertz CT molecular complexity index is 2120. The van der Waals surface area contributed by atoms with E-state index in [2.05, 4.69) is 148 Å². The van der Waals surface area contributed by atoms with Crippen LogP contribution in [0.25, 0.3) is 0 Å². The monoisotopic (exact) mass is 1390 g/mol. The van der Waals surface area contributed by atoms with Crippen LogP contribution >= 0.6 is 7.82 Å². The molecule has 10 heteroatoms. The molecule has 98 heavy (non-hydrogen) atoms. The highest BCUT2D eigenvalue weighted by molar-refractivity contribution is 7.47. The first-order chi connectivity index (χ1) is 48.0. The Morgan fingerprint density at radius 2 is 0.582 bits per heavy atom. The van der Waals surface area contributed by atoms with Gasteiger partial charge < -0.3 is 18.9 Å². The Morgan fingerprint density at radius 3 is 0.867 bits per heavy atom. The molecule has 0 aliphatic rings. The summed E-state index contributed by atoms with van der Waals surface area (Å²) >= 11 is 0. The lowest BCUT2D eigenvalue weighted by Crippen LogP contribution is -2.37. The second kappa shape index (κ2) is 77.3. The van der Waals surface area contributed by atoms with E-state index in [0.29, 0.717) is 17.4 Å². The number of quaternary nitrogens is 1. The first-order valence-corrected chi connectivity index (χ1v) is 42.4. The maximum Gasteiger partial charge on any atom is 0.472 e. The third-order valence-corrected chi connectivity index (χ3v) is 18.6. The molecule has 0 aliphatic heterocycles. The number of ether oxygens (including phenoxy) is 2. The molecule has 0 heterocycles. The van der Waals surface area contributed by atoms with E-state index in [1.54, 1.807) is 0 Å². The van der Waals surface area contributed by atoms with Gasteiger partial charge in [-0.1, -0.05) is 366 Å². The first kappa shape index (κ1) is 94.2. The normalized spacial score (nSPS) is 13.7. The molecule has 0 spiro atoms. The standard InChI is InChI=1S/C88H154NO8P/c1-6-8-10-12-14-16-18-20-22-24-26-28-30-32-34-36-38-40-42-44-46-48-50-52-54-56-58-60-62-64-66-68-70-72-74-76-78-80-87(90)94-84-86(85-96-98(92,93)95-83-82-89(3,4)5)97-88(91)81-79-77-75-73-71-69-67-65-63-61-59-57-55-53-51-49-47-45-43-41-39-37-35-33-31-29-27-25-23-21-19-17-15-13-11-9-7-2/h9,11,15,17-18,20-21,23-24,26-27,29-30,32-33,35,39,41,45,47,51,53,86H,6-8,10,12-14,16,19,22,25,28,31,34,36-38,40,42-44,46,48-50,52,54-85H2,1-5H3/p+1/b11-9-,17-15-,20-18-,23-21-,26-24-,29-27-,32-30-,35-33-,41-39-,47-45-,53-51-. The lowest BCUT2D eigenvalue weighted by Gasteiger charge is -2.24. The summed E-state index contributed by atoms with van der Waals surface area (Å²) in [6, 6.07) is 0. The summed E-state index contributed by atoms with van der Waals surface area (Å²) in [7, 11) is 1.48. The van der Waals surface area contributed by atoms with Gasteiger partial charge in [-0.2, -0.15) is 0 Å². The van der Waals surface area contributed by atoms with Crippen molar-refractivity contribution in [3.8, 4) is 0 Å². The van der Waals surface area contributed by atoms with E-state index in [1.165, 1.54) is 225 Å². The molecule has 0 aromatic heterocycles. The highest BCUT2D eigenvalue weighted by Crippen LogP contribution is 2.43. The minimum atomic E-state index is -4.40. The smallest absolute Gasteiger partial charge is 0.462 e. The molecule has 9 nitrogen and oxygen atoms in total. The average Bonchev–Trinajstić information content (AvgIpc) is 1.08. The fourth-order valence-electron chi connectivity index (χ4n) is 11.5. The van der Waals surface area contributed by atoms with Gasteiger partial charge in [-0.25, -0.2) is 4.57 Å². The Balaban J connectivity index is 3.98. The van der Waals surface area contributed by atoms with Gasteiger partial charge in [0.25, 0.3) is 0 Å². The minimum Gasteiger partial charge on any atom is -0.462 e. The van der Waals surface area contributed by atoms with E-state index < -0.39 is 26.5 Å². The molecule has 0 aromatic rings. The number of nitrogens with zero attached hydrogens (tertiary/aromatic N) is 1. The van der Waals surface area contributed by atoms with E-state index in [1.807, 2.05) is 21.1 Å². The molecule has 0 amide bonds. The number of esters is 2. The van der Waals surface area contributed by atoms with Gasteiger partial charge in [-0.3, -0.25) is 18.6 Å². The van der Waals surface area contributed by atoms with Gasteiger partial charge in [0.05, 0.1) is 27.7 Å². The Kier molecular flexibility index (Phi) is 74.3. The number of rotatable bonds is 75. The van der Waals surface area contributed by atoms with Crippen molar-refractivity contribution >= 4 is 19.8 Å². The number of carbonyl (C=O) groups is 2. The van der Waals surface area contributed by atoms with Gasteiger partial charge >= 0.3 is 19.8 Å². The van der Waals surface area contributed by atoms with Crippen LogP contribution in [0.4, 0.5) is 0 Å². The fourth-order valence-corrected chi connectivity index (χ4v) is 12.2. The van der Waals surface area contributed by atoms with E-state index >= 15 is 0 Å². The largest absolute Gasteiger partial charge is 0.472 e. The van der Waals surface area contributed by atoms with E-state index in [0.717, 1.165) is 103 Å². The van der Waals surface area contributed by atoms with Crippen LogP contribution in [-0.4, -0.2) is 74.9 Å². The van der Waals surface area contributed by atoms with Crippen LogP contribution < -0.4 is 0 Å². The van der Waals surface area contributed by atoms with Gasteiger partial charge in [-0.15, -0.1) is 0 Å². The number of carbonyl (C=O) groups excluding carboxylic acids is 2. The van der Waals surface area contributed by atoms with Crippen molar-refractivity contribution in [2.75, 3.05) is 47.5 Å². The van der Waals surface area contributed by atoms with Crippen molar-refractivity contribution in [1.29, 1.82) is 0 Å². The number of unbranched alkanes of at least 4 members (excludes halogenated alkanes) is 39. The summed E-state index contributed by atoms with van der Waals surface area (Å²) < 4.78 is 34.8. The Labute approximate surface area is 606 Å². The first-order valence-electron chi connectivity index (χ1n) is 40.9. The third kappa shape index (κ3) is 81.1. The van der Waals surface area contributed by atoms with Crippen molar-refractivity contribution in [2.24, 2.45) is 0 Å². The van der Waals surface area contributed by atoms with Gasteiger partial charge in [0.2, 0.25) is 0 Å². The van der Waals surface area contributed by atoms with Gasteiger partial charge in [0, 0.05) is 12.8 Å². The molecule has 0 saturated heterocycles. The van der Waals surface area contributed by atoms with E-state index in [-0.39, 0.29) is 32.0 Å². The summed E-state index contributed by atoms with van der Waals surface area (Å²) in [6.07, 6.45) is 113. The van der Waals surface area contributed by atoms with Crippen molar-refractivity contribution in [1.82, 2.24) is 0 Å². The quantitative estimate of drug-likeness (QED) is 0.0211. The average molecular weight is 1390 g/mol. The molecule has 1 N–H and O–H groups in total. The second-order valence-electron chi connectivity index (χ2n) is 28.4. The van der Waals surface area contributed by atoms with Gasteiger partial charge in [0.15, 0.2) is 6.10 Å². The molecule has 0 rings (SSSR count). The van der Waals surface area contributed by atoms with Crippen LogP contribution in [0.15, 0.2) is 134 Å². The summed E-state index contributed by atoms with van der Waals surface area (Å²) in [6.45, 7) is 4.34. The molecule has 0 aromatic carbocycles. The lowest BCUT2D eigenvalue weighted by molar-refractivity contribution is -0.870. The van der Waals surface area contributed by atoms with Crippen LogP contribution in [0.1, 0.15) is 361 Å². The molecule has 2 unspecified atom stereocenters. The molecular formula is C88H155NO8P+. The second-order valence-corrected chi connectivity index (χ2v) is 29.9. The summed E-state index contributed by atoms with van der Waals surface area (Å²) in [5.41, 5.74) is 0. The van der Waals surface area contributed by atoms with Crippen LogP contribution in [0.5, 0.6) is 0 Å². The summed E-state index contributed by atoms with van der Waals surface area (Å²) in [5.74, 6) is -0.791. The minimum absolute atomic E-state index is 0.0279. The molecule has 0 radical (unpaired) electrons. The van der Waals surface area contributed by atoms with Gasteiger partial charge in [0.1, 0.15) is 19.8 Å². The molecule has 2 atom stereocenters. The molecule has 0 aliphatic carbocycles. The predicted molar refractivity (Wildman–Crippen MR) is 427 cm³/mol. The zero-order chi connectivity index (χ0) is 71.1. The molecule has 564 valence electrons. The lowest BCUT2D eigenvalue weighted by atomic mass is 10.0. The number of likely N-dealkylation sites (N-methyl/N-ethyl adjacent to an activating group) is 1. The summed E-state index contributed by atoms with van der Waals surface area (Å²) in [4.78, 5) is 36.0. The SMILES string of the molecule is CC/C=C\C/C=C\C/C=C\C/C=C\C/C=C\C/C=C\C/C=C\C/C=C\CCCCCCCCCCCCCCC(=O)OC(COC(=O)CCCCCCCCCCCCCCCCCCCCCCCC/C=C\C/C=C\C/C=C\CCCCCCC)COP(=O)(O)OCC[N+](C)(C)C. The highest BCUT2D eigenvalue weighted by atomic mass is 31.2. The van der Waals surface area contributed by atoms with Crippen molar-refractivity contribution in [3.63, 3.8) is 0 Å². The van der Waals surface area contributed by atoms with Crippen LogP contribution in [0.3, 0.4) is 0 Å². The predicted octanol–water partition coefficient (Wildman–Crippen LogP) is 27.5. The molecule has 0 fully saturated rings. The number of allylic oxidation sites excluding steroid dienone is 22. The van der Waals surface area contributed by atoms with Crippen LogP contribution in [-0.2, 0) is 32.7 Å². The van der Waals surface area contributed by atoms with Gasteiger partial charge in [-0.05, 0) is 116 Å². The zero-order valence-electron chi connectivity index (χ0n) is 64.5. The van der Waals surface area contributed by atoms with Crippen LogP contribution in [0, 0.1) is 0 Å². The third-order valence-electron chi connectivity index (χ3n) is 17.7. The number of hydrogen-bond acceptors (Lipinski definition) is 7. The number of phosphoric acid groups is 1. The summed E-state index contributed by atoms with van der Waals surface area (Å²) in [5, 5.41) is 0. The Morgan fingerprint density at radius 1 is 0.327 bits per heavy atom. The zero-order valence-corrected chi connectivity index (χ0v) is 65.4. The Hall–Kier alpha value is -3.85. The molecule has 0 saturated carbocycles. The fraction of sp³-hybridized carbons (Fsp3) is 0.727. The molecular weight excluding hydrogens is 1230 g/mol. The van der Waals surface area contributed by atoms with Crippen molar-refractivity contribution in [2.45, 2.75) is 367 Å². The number of hydrogen-bond donors (Lipinski definition) is 1. The van der Waals surface area contributed by atoms with Crippen molar-refractivity contribution < 1.29 is 42.1 Å². The molecule has 0 bridgehead atoms. The highest BCUT2D eigenvalue weighted by Gasteiger charge is 2.27. The topological polar surface area (TPSA) is 108 Å².